The number of carboxylic acid groups (broad SMARTS) is 1. The molecular formula is C23H21N3O3. The quantitative estimate of drug-likeness (QED) is 0.514. The number of nitriles is 1. The predicted octanol–water partition coefficient (Wildman–Crippen LogP) is 3.85. The lowest BCUT2D eigenvalue weighted by atomic mass is 10.1. The Morgan fingerprint density at radius 3 is 2.48 bits per heavy atom. The summed E-state index contributed by atoms with van der Waals surface area (Å²) in [7, 11) is 1.67. The van der Waals surface area contributed by atoms with Gasteiger partial charge in [-0.15, -0.1) is 0 Å². The summed E-state index contributed by atoms with van der Waals surface area (Å²) in [5, 5.41) is 19.5. The predicted molar refractivity (Wildman–Crippen MR) is 111 cm³/mol. The van der Waals surface area contributed by atoms with Crippen molar-refractivity contribution in [3.8, 4) is 6.07 Å². The molecule has 1 amide bonds. The second kappa shape index (κ2) is 8.44. The van der Waals surface area contributed by atoms with E-state index in [-0.39, 0.29) is 24.1 Å². The van der Waals surface area contributed by atoms with Crippen LogP contribution in [0.1, 0.15) is 24.1 Å². The molecule has 3 aromatic rings. The number of carbonyl (C=O) groups excluding carboxylic acids is 1. The van der Waals surface area contributed by atoms with E-state index < -0.39 is 5.97 Å². The van der Waals surface area contributed by atoms with Crippen molar-refractivity contribution < 1.29 is 14.7 Å². The minimum atomic E-state index is -0.964. The van der Waals surface area contributed by atoms with Crippen LogP contribution in [0, 0.1) is 11.3 Å². The van der Waals surface area contributed by atoms with E-state index in [1.54, 1.807) is 17.8 Å². The molecule has 0 fully saturated rings. The summed E-state index contributed by atoms with van der Waals surface area (Å²) in [5.74, 6) is -1.35. The Morgan fingerprint density at radius 1 is 1.17 bits per heavy atom. The van der Waals surface area contributed by atoms with Crippen molar-refractivity contribution in [3.63, 3.8) is 0 Å². The first kappa shape index (κ1) is 19.9. The lowest BCUT2D eigenvalue weighted by Crippen LogP contribution is -2.30. The minimum Gasteiger partial charge on any atom is -0.480 e. The number of fused-ring (bicyclic) bond motifs is 1. The number of nitrogens with zero attached hydrogens (tertiary/aromatic N) is 3. The molecule has 1 N–H and O–H groups in total. The molecule has 1 aromatic heterocycles. The first-order valence-corrected chi connectivity index (χ1v) is 9.16. The Morgan fingerprint density at radius 2 is 1.83 bits per heavy atom. The van der Waals surface area contributed by atoms with Gasteiger partial charge >= 0.3 is 5.97 Å². The van der Waals surface area contributed by atoms with Gasteiger partial charge < -0.3 is 14.6 Å². The van der Waals surface area contributed by atoms with Crippen molar-refractivity contribution in [2.24, 2.45) is 0 Å². The molecule has 0 saturated heterocycles. The Labute approximate surface area is 168 Å². The average Bonchev–Trinajstić information content (AvgIpc) is 3.07. The maximum absolute atomic E-state index is 12.9. The van der Waals surface area contributed by atoms with Crippen molar-refractivity contribution in [2.75, 3.05) is 7.05 Å². The third-order valence-corrected chi connectivity index (χ3v) is 4.96. The van der Waals surface area contributed by atoms with Crippen LogP contribution in [0.5, 0.6) is 0 Å². The summed E-state index contributed by atoms with van der Waals surface area (Å²) < 4.78 is 1.60. The number of aliphatic carboxylic acids is 1. The molecular weight excluding hydrogens is 366 g/mol. The van der Waals surface area contributed by atoms with E-state index in [4.69, 9.17) is 5.11 Å². The van der Waals surface area contributed by atoms with E-state index in [1.807, 2.05) is 67.6 Å². The normalized spacial score (nSPS) is 12.4. The van der Waals surface area contributed by atoms with Gasteiger partial charge in [0.15, 0.2) is 0 Å². The Hall–Kier alpha value is -3.85. The van der Waals surface area contributed by atoms with Gasteiger partial charge in [0, 0.05) is 29.7 Å². The molecule has 0 aliphatic heterocycles. The number of hydrogen-bond acceptors (Lipinski definition) is 3. The smallest absolute Gasteiger partial charge is 0.323 e. The number of amides is 1. The molecule has 0 radical (unpaired) electrons. The zero-order valence-electron chi connectivity index (χ0n) is 16.2. The molecule has 146 valence electrons. The van der Waals surface area contributed by atoms with Gasteiger partial charge in [-0.3, -0.25) is 9.59 Å². The molecule has 0 saturated carbocycles. The highest BCUT2D eigenvalue weighted by Crippen LogP contribution is 2.25. The minimum absolute atomic E-state index is 0.00601. The van der Waals surface area contributed by atoms with E-state index in [0.29, 0.717) is 5.56 Å². The average molecular weight is 387 g/mol. The molecule has 6 nitrogen and oxygen atoms in total. The van der Waals surface area contributed by atoms with Gasteiger partial charge in [-0.1, -0.05) is 48.5 Å². The monoisotopic (exact) mass is 387 g/mol. The standard InChI is InChI=1S/C23H21N3O3/c1-16(17-8-4-3-5-9-17)25(2)23(29)18(13-24)12-19-14-26(15-22(27)28)21-11-7-6-10-20(19)21/h3-12,14,16H,15H2,1-2H3,(H,27,28)/t16-/m1/s1. The van der Waals surface area contributed by atoms with E-state index >= 15 is 0 Å². The van der Waals surface area contributed by atoms with E-state index in [0.717, 1.165) is 16.5 Å². The first-order valence-electron chi connectivity index (χ1n) is 9.16. The van der Waals surface area contributed by atoms with Crippen LogP contribution in [0.25, 0.3) is 17.0 Å². The lowest BCUT2D eigenvalue weighted by molar-refractivity contribution is -0.137. The van der Waals surface area contributed by atoms with E-state index in [2.05, 4.69) is 0 Å². The second-order valence-electron chi connectivity index (χ2n) is 6.80. The summed E-state index contributed by atoms with van der Waals surface area (Å²) in [4.78, 5) is 25.6. The molecule has 0 bridgehead atoms. The highest BCUT2D eigenvalue weighted by atomic mass is 16.4. The number of carbonyl (C=O) groups is 2. The van der Waals surface area contributed by atoms with Gasteiger partial charge in [0.1, 0.15) is 18.2 Å². The zero-order valence-corrected chi connectivity index (χ0v) is 16.2. The molecule has 0 aliphatic rings. The second-order valence-corrected chi connectivity index (χ2v) is 6.80. The van der Waals surface area contributed by atoms with E-state index in [9.17, 15) is 14.9 Å². The SMILES string of the molecule is C[C@H](c1ccccc1)N(C)C(=O)C(C#N)=Cc1cn(CC(=O)O)c2ccccc12. The molecule has 0 spiro atoms. The fourth-order valence-electron chi connectivity index (χ4n) is 3.29. The van der Waals surface area contributed by atoms with Crippen molar-refractivity contribution in [1.82, 2.24) is 9.47 Å². The fourth-order valence-corrected chi connectivity index (χ4v) is 3.29. The number of rotatable bonds is 6. The van der Waals surface area contributed by atoms with Gasteiger partial charge in [-0.05, 0) is 24.6 Å². The number of benzene rings is 2. The summed E-state index contributed by atoms with van der Waals surface area (Å²) in [6.45, 7) is 1.70. The van der Waals surface area contributed by atoms with Crippen LogP contribution in [0.4, 0.5) is 0 Å². The molecule has 3 rings (SSSR count). The van der Waals surface area contributed by atoms with Crippen LogP contribution < -0.4 is 0 Å². The van der Waals surface area contributed by atoms with Crippen LogP contribution >= 0.6 is 0 Å². The summed E-state index contributed by atoms with van der Waals surface area (Å²) >= 11 is 0. The summed E-state index contributed by atoms with van der Waals surface area (Å²) in [5.41, 5.74) is 2.33. The third kappa shape index (κ3) is 4.19. The molecule has 0 unspecified atom stereocenters. The number of hydrogen-bond donors (Lipinski definition) is 1. The molecule has 1 atom stereocenters. The number of carboxylic acids is 1. The first-order chi connectivity index (χ1) is 13.9. The number of para-hydroxylation sites is 1. The van der Waals surface area contributed by atoms with Gasteiger partial charge in [0.2, 0.25) is 0 Å². The lowest BCUT2D eigenvalue weighted by Gasteiger charge is -2.25. The van der Waals surface area contributed by atoms with Crippen LogP contribution in [-0.2, 0) is 16.1 Å². The van der Waals surface area contributed by atoms with Crippen LogP contribution in [-0.4, -0.2) is 33.5 Å². The van der Waals surface area contributed by atoms with Gasteiger partial charge in [0.05, 0.1) is 6.04 Å². The van der Waals surface area contributed by atoms with Crippen molar-refractivity contribution >= 4 is 28.9 Å². The summed E-state index contributed by atoms with van der Waals surface area (Å²) in [6.07, 6.45) is 3.18. The van der Waals surface area contributed by atoms with Gasteiger partial charge in [-0.2, -0.15) is 5.26 Å². The third-order valence-electron chi connectivity index (χ3n) is 4.96. The Kier molecular flexibility index (Phi) is 5.79. The molecule has 2 aromatic carbocycles. The van der Waals surface area contributed by atoms with Gasteiger partial charge in [-0.25, -0.2) is 0 Å². The summed E-state index contributed by atoms with van der Waals surface area (Å²) in [6, 6.07) is 18.7. The molecule has 29 heavy (non-hydrogen) atoms. The largest absolute Gasteiger partial charge is 0.480 e. The van der Waals surface area contributed by atoms with Crippen LogP contribution in [0.15, 0.2) is 66.4 Å². The fraction of sp³-hybridized carbons (Fsp3) is 0.174. The number of aromatic nitrogens is 1. The molecule has 6 heteroatoms. The van der Waals surface area contributed by atoms with E-state index in [1.165, 1.54) is 11.0 Å². The van der Waals surface area contributed by atoms with Crippen LogP contribution in [0.3, 0.4) is 0 Å². The van der Waals surface area contributed by atoms with Crippen molar-refractivity contribution in [1.29, 1.82) is 5.26 Å². The number of likely N-dealkylation sites (N-methyl/N-ethyl adjacent to an activating group) is 1. The van der Waals surface area contributed by atoms with Gasteiger partial charge in [0.25, 0.3) is 5.91 Å². The Balaban J connectivity index is 1.97. The van der Waals surface area contributed by atoms with Crippen molar-refractivity contribution in [2.45, 2.75) is 19.5 Å². The maximum Gasteiger partial charge on any atom is 0.323 e. The molecule has 1 heterocycles. The van der Waals surface area contributed by atoms with Crippen LogP contribution in [0.2, 0.25) is 0 Å². The zero-order chi connectivity index (χ0) is 21.0. The Bertz CT molecular complexity index is 1120. The van der Waals surface area contributed by atoms with Crippen molar-refractivity contribution in [3.05, 3.63) is 77.5 Å². The maximum atomic E-state index is 12.9. The highest BCUT2D eigenvalue weighted by Gasteiger charge is 2.21. The molecule has 0 aliphatic carbocycles. The highest BCUT2D eigenvalue weighted by molar-refractivity contribution is 6.04. The topological polar surface area (TPSA) is 86.3 Å².